The molecule has 2 aromatic rings. The second-order valence-electron chi connectivity index (χ2n) is 7.33. The summed E-state index contributed by atoms with van der Waals surface area (Å²) in [6.07, 6.45) is -2.45. The summed E-state index contributed by atoms with van der Waals surface area (Å²) in [7, 11) is -4.01. The zero-order chi connectivity index (χ0) is 21.5. The number of nitrogens with zero attached hydrogens (tertiary/aromatic N) is 3. The number of aromatic nitrogens is 1. The van der Waals surface area contributed by atoms with Crippen LogP contribution in [0.4, 0.5) is 13.2 Å². The van der Waals surface area contributed by atoms with E-state index in [-0.39, 0.29) is 30.1 Å². The molecule has 2 aliphatic rings. The maximum atomic E-state index is 13.0. The van der Waals surface area contributed by atoms with Gasteiger partial charge in [-0.2, -0.15) is 17.5 Å². The number of sulfonamides is 1. The standard InChI is InChI=1S/C19H19BrF3N3O3S/c20-18-5-4-15(10-24-18)29-16-9-14-11-26(7-6-25(14)12-16)30(27,28)17-3-1-2-13(8-17)19(21,22)23/h1-5,8,10,14,16H,6-7,9,11-12H2/t14-,16-/m0/s1. The van der Waals surface area contributed by atoms with Crippen molar-refractivity contribution in [3.63, 3.8) is 0 Å². The molecular weight excluding hydrogens is 487 g/mol. The third kappa shape index (κ3) is 4.48. The van der Waals surface area contributed by atoms with Crippen molar-refractivity contribution in [2.24, 2.45) is 0 Å². The Morgan fingerprint density at radius 2 is 1.93 bits per heavy atom. The molecule has 11 heteroatoms. The Kier molecular flexibility index (Phi) is 5.82. The molecule has 2 atom stereocenters. The minimum atomic E-state index is -4.60. The highest BCUT2D eigenvalue weighted by atomic mass is 79.9. The number of fused-ring (bicyclic) bond motifs is 1. The molecule has 0 radical (unpaired) electrons. The fourth-order valence-electron chi connectivity index (χ4n) is 3.88. The average molecular weight is 506 g/mol. The van der Waals surface area contributed by atoms with E-state index in [4.69, 9.17) is 4.74 Å². The first kappa shape index (κ1) is 21.5. The molecule has 0 spiro atoms. The van der Waals surface area contributed by atoms with Crippen LogP contribution in [0.5, 0.6) is 5.75 Å². The molecule has 2 aliphatic heterocycles. The molecule has 2 fully saturated rings. The lowest BCUT2D eigenvalue weighted by atomic mass is 10.2. The van der Waals surface area contributed by atoms with Crippen molar-refractivity contribution in [2.75, 3.05) is 26.2 Å². The smallest absolute Gasteiger partial charge is 0.416 e. The van der Waals surface area contributed by atoms with E-state index in [9.17, 15) is 21.6 Å². The second-order valence-corrected chi connectivity index (χ2v) is 10.1. The Hall–Kier alpha value is -1.69. The van der Waals surface area contributed by atoms with Gasteiger partial charge in [0.25, 0.3) is 0 Å². The van der Waals surface area contributed by atoms with Crippen LogP contribution >= 0.6 is 15.9 Å². The summed E-state index contributed by atoms with van der Waals surface area (Å²) in [6.45, 7) is 1.61. The number of rotatable bonds is 4. The van der Waals surface area contributed by atoms with Crippen molar-refractivity contribution in [3.8, 4) is 5.75 Å². The molecule has 0 N–H and O–H groups in total. The molecule has 6 nitrogen and oxygen atoms in total. The minimum Gasteiger partial charge on any atom is -0.487 e. The Morgan fingerprint density at radius 3 is 2.63 bits per heavy atom. The third-order valence-electron chi connectivity index (χ3n) is 5.34. The fourth-order valence-corrected chi connectivity index (χ4v) is 5.63. The van der Waals surface area contributed by atoms with Crippen molar-refractivity contribution in [1.82, 2.24) is 14.2 Å². The predicted molar refractivity (Wildman–Crippen MR) is 107 cm³/mol. The monoisotopic (exact) mass is 505 g/mol. The lowest BCUT2D eigenvalue weighted by molar-refractivity contribution is -0.137. The van der Waals surface area contributed by atoms with Crippen LogP contribution in [-0.2, 0) is 16.2 Å². The van der Waals surface area contributed by atoms with Gasteiger partial charge in [-0.05, 0) is 46.3 Å². The van der Waals surface area contributed by atoms with E-state index in [0.29, 0.717) is 35.9 Å². The van der Waals surface area contributed by atoms with Crippen LogP contribution in [0.1, 0.15) is 12.0 Å². The van der Waals surface area contributed by atoms with Gasteiger partial charge in [0.15, 0.2) is 0 Å². The van der Waals surface area contributed by atoms with E-state index >= 15 is 0 Å². The number of benzene rings is 1. The summed E-state index contributed by atoms with van der Waals surface area (Å²) < 4.78 is 72.8. The van der Waals surface area contributed by atoms with Gasteiger partial charge < -0.3 is 4.74 Å². The third-order valence-corrected chi connectivity index (χ3v) is 7.67. The average Bonchev–Trinajstić information content (AvgIpc) is 3.10. The van der Waals surface area contributed by atoms with Crippen molar-refractivity contribution >= 4 is 26.0 Å². The van der Waals surface area contributed by atoms with Gasteiger partial charge in [0.05, 0.1) is 16.7 Å². The highest BCUT2D eigenvalue weighted by molar-refractivity contribution is 9.10. The van der Waals surface area contributed by atoms with Gasteiger partial charge in [0.2, 0.25) is 10.0 Å². The zero-order valence-electron chi connectivity index (χ0n) is 15.7. The molecule has 4 rings (SSSR count). The normalized spacial score (nSPS) is 23.3. The van der Waals surface area contributed by atoms with Gasteiger partial charge in [-0.15, -0.1) is 0 Å². The minimum absolute atomic E-state index is 0.0484. The number of halogens is 4. The van der Waals surface area contributed by atoms with Crippen molar-refractivity contribution in [3.05, 3.63) is 52.8 Å². The van der Waals surface area contributed by atoms with Crippen LogP contribution in [0.3, 0.4) is 0 Å². The van der Waals surface area contributed by atoms with Crippen LogP contribution < -0.4 is 4.74 Å². The Labute approximate surface area is 180 Å². The van der Waals surface area contributed by atoms with Crippen molar-refractivity contribution in [1.29, 1.82) is 0 Å². The first-order valence-electron chi connectivity index (χ1n) is 9.32. The first-order valence-corrected chi connectivity index (χ1v) is 11.6. The van der Waals surface area contributed by atoms with Gasteiger partial charge in [-0.1, -0.05) is 6.07 Å². The molecule has 3 heterocycles. The second kappa shape index (κ2) is 8.10. The van der Waals surface area contributed by atoms with Crippen molar-refractivity contribution in [2.45, 2.75) is 29.6 Å². The van der Waals surface area contributed by atoms with Crippen molar-refractivity contribution < 1.29 is 26.3 Å². The summed E-state index contributed by atoms with van der Waals surface area (Å²) in [6, 6.07) is 7.43. The molecule has 2 saturated heterocycles. The van der Waals surface area contributed by atoms with E-state index in [2.05, 4.69) is 25.8 Å². The lowest BCUT2D eigenvalue weighted by Gasteiger charge is -2.36. The summed E-state index contributed by atoms with van der Waals surface area (Å²) in [5, 5.41) is 0. The number of hydrogen-bond acceptors (Lipinski definition) is 5. The van der Waals surface area contributed by atoms with Crippen LogP contribution in [0, 0.1) is 0 Å². The SMILES string of the molecule is O=S(=O)(c1cccc(C(F)(F)F)c1)N1CCN2C[C@@H](Oc3ccc(Br)nc3)C[C@H]2C1. The summed E-state index contributed by atoms with van der Waals surface area (Å²) in [5.41, 5.74) is -0.973. The molecule has 30 heavy (non-hydrogen) atoms. The van der Waals surface area contributed by atoms with E-state index in [1.54, 1.807) is 18.3 Å². The molecule has 0 bridgehead atoms. The quantitative estimate of drug-likeness (QED) is 0.596. The van der Waals surface area contributed by atoms with Gasteiger partial charge in [0.1, 0.15) is 16.5 Å². The molecule has 1 aromatic heterocycles. The maximum Gasteiger partial charge on any atom is 0.416 e. The molecule has 0 aliphatic carbocycles. The largest absolute Gasteiger partial charge is 0.487 e. The Balaban J connectivity index is 1.45. The Bertz CT molecular complexity index is 1020. The van der Waals surface area contributed by atoms with Gasteiger partial charge in [0, 0.05) is 38.6 Å². The fraction of sp³-hybridized carbons (Fsp3) is 0.421. The maximum absolute atomic E-state index is 13.0. The molecule has 1 aromatic carbocycles. The zero-order valence-corrected chi connectivity index (χ0v) is 18.1. The molecule has 0 saturated carbocycles. The lowest BCUT2D eigenvalue weighted by Crippen LogP contribution is -2.51. The van der Waals surface area contributed by atoms with E-state index in [1.807, 2.05) is 0 Å². The molecule has 0 unspecified atom stereocenters. The van der Waals surface area contributed by atoms with Crippen LogP contribution in [0.2, 0.25) is 0 Å². The predicted octanol–water partition coefficient (Wildman–Crippen LogP) is 3.39. The van der Waals surface area contributed by atoms with E-state index in [0.717, 1.165) is 12.1 Å². The van der Waals surface area contributed by atoms with E-state index < -0.39 is 21.8 Å². The highest BCUT2D eigenvalue weighted by Gasteiger charge is 2.41. The number of pyridine rings is 1. The van der Waals surface area contributed by atoms with Crippen LogP contribution in [-0.4, -0.2) is 60.9 Å². The number of hydrogen-bond donors (Lipinski definition) is 0. The topological polar surface area (TPSA) is 62.7 Å². The summed E-state index contributed by atoms with van der Waals surface area (Å²) >= 11 is 3.27. The molecular formula is C19H19BrF3N3O3S. The van der Waals surface area contributed by atoms with Gasteiger partial charge in [-0.25, -0.2) is 13.4 Å². The highest BCUT2D eigenvalue weighted by Crippen LogP contribution is 2.32. The number of ether oxygens (including phenoxy) is 1. The van der Waals surface area contributed by atoms with Crippen LogP contribution in [0.15, 0.2) is 52.1 Å². The number of piperazine rings is 1. The summed E-state index contributed by atoms with van der Waals surface area (Å²) in [5.74, 6) is 0.636. The van der Waals surface area contributed by atoms with Gasteiger partial charge >= 0.3 is 6.18 Å². The Morgan fingerprint density at radius 1 is 1.13 bits per heavy atom. The summed E-state index contributed by atoms with van der Waals surface area (Å²) in [4.78, 5) is 5.95. The molecule has 0 amide bonds. The van der Waals surface area contributed by atoms with Crippen LogP contribution in [0.25, 0.3) is 0 Å². The first-order chi connectivity index (χ1) is 14.1. The van der Waals surface area contributed by atoms with E-state index in [1.165, 1.54) is 10.4 Å². The van der Waals surface area contributed by atoms with Gasteiger partial charge in [-0.3, -0.25) is 4.90 Å². The molecule has 162 valence electrons. The number of alkyl halides is 3.